The maximum Gasteiger partial charge on any atom is 0.313 e. The lowest BCUT2D eigenvalue weighted by molar-refractivity contribution is -0.136. The number of ether oxygens (including phenoxy) is 1. The number of hydrogen-bond acceptors (Lipinski definition) is 4. The Morgan fingerprint density at radius 3 is 2.48 bits per heavy atom. The third-order valence-corrected chi connectivity index (χ3v) is 5.76. The average molecular weight is 379 g/mol. The van der Waals surface area contributed by atoms with Crippen LogP contribution in [0.4, 0.5) is 5.69 Å². The highest BCUT2D eigenvalue weighted by Crippen LogP contribution is 2.36. The molecule has 0 unspecified atom stereocenters. The molecule has 1 fully saturated rings. The van der Waals surface area contributed by atoms with Gasteiger partial charge in [-0.25, -0.2) is 0 Å². The molecule has 1 saturated heterocycles. The molecule has 5 nitrogen and oxygen atoms in total. The molecule has 0 spiro atoms. The first-order valence-corrected chi connectivity index (χ1v) is 9.31. The first kappa shape index (κ1) is 17.9. The van der Waals surface area contributed by atoms with E-state index in [0.29, 0.717) is 30.5 Å². The first-order chi connectivity index (χ1) is 12.1. The van der Waals surface area contributed by atoms with Gasteiger partial charge in [-0.2, -0.15) is 0 Å². The van der Waals surface area contributed by atoms with Crippen molar-refractivity contribution in [3.63, 3.8) is 0 Å². The van der Waals surface area contributed by atoms with Crippen LogP contribution in [0.25, 0.3) is 0 Å². The minimum Gasteiger partial charge on any atom is -0.381 e. The van der Waals surface area contributed by atoms with E-state index in [9.17, 15) is 9.59 Å². The third kappa shape index (κ3) is 4.39. The van der Waals surface area contributed by atoms with E-state index in [1.807, 2.05) is 11.4 Å². The van der Waals surface area contributed by atoms with E-state index < -0.39 is 11.8 Å². The fourth-order valence-corrected chi connectivity index (χ4v) is 4.02. The lowest BCUT2D eigenvalue weighted by Crippen LogP contribution is -2.46. The summed E-state index contributed by atoms with van der Waals surface area (Å²) in [5, 5.41) is 7.96. The van der Waals surface area contributed by atoms with Gasteiger partial charge in [-0.15, -0.1) is 11.3 Å². The van der Waals surface area contributed by atoms with Gasteiger partial charge in [-0.05, 0) is 48.6 Å². The number of carbonyl (C=O) groups is 2. The molecule has 0 radical (unpaired) electrons. The van der Waals surface area contributed by atoms with Crippen molar-refractivity contribution in [2.45, 2.75) is 18.3 Å². The average Bonchev–Trinajstić information content (AvgIpc) is 3.18. The standard InChI is InChI=1S/C18H19ClN2O3S/c19-13-3-5-14(6-4-13)21-17(23)16(22)20-12-18(7-9-24-10-8-18)15-2-1-11-25-15/h1-6,11H,7-10,12H2,(H,20,22)(H,21,23). The molecule has 0 atom stereocenters. The van der Waals surface area contributed by atoms with Crippen molar-refractivity contribution in [2.24, 2.45) is 0 Å². The number of benzene rings is 1. The van der Waals surface area contributed by atoms with E-state index in [2.05, 4.69) is 16.7 Å². The molecule has 1 aliphatic rings. The molecule has 0 aliphatic carbocycles. The van der Waals surface area contributed by atoms with Crippen molar-refractivity contribution in [3.05, 3.63) is 51.7 Å². The van der Waals surface area contributed by atoms with Gasteiger partial charge in [0.15, 0.2) is 0 Å². The summed E-state index contributed by atoms with van der Waals surface area (Å²) in [6.45, 7) is 1.74. The van der Waals surface area contributed by atoms with Crippen LogP contribution in [0.5, 0.6) is 0 Å². The summed E-state index contributed by atoms with van der Waals surface area (Å²) < 4.78 is 5.47. The number of nitrogens with one attached hydrogen (secondary N) is 2. The number of amides is 2. The molecule has 1 aliphatic heterocycles. The third-order valence-electron chi connectivity index (χ3n) is 4.39. The monoisotopic (exact) mass is 378 g/mol. The molecule has 0 bridgehead atoms. The van der Waals surface area contributed by atoms with E-state index in [0.717, 1.165) is 12.8 Å². The lowest BCUT2D eigenvalue weighted by Gasteiger charge is -2.36. The molecular formula is C18H19ClN2O3S. The molecule has 3 rings (SSSR count). The molecule has 7 heteroatoms. The first-order valence-electron chi connectivity index (χ1n) is 8.06. The van der Waals surface area contributed by atoms with Crippen molar-refractivity contribution < 1.29 is 14.3 Å². The van der Waals surface area contributed by atoms with E-state index >= 15 is 0 Å². The predicted molar refractivity (Wildman–Crippen MR) is 99.1 cm³/mol. The SMILES string of the molecule is O=C(NCC1(c2cccs2)CCOCC1)C(=O)Nc1ccc(Cl)cc1. The van der Waals surface area contributed by atoms with Crippen LogP contribution in [0.3, 0.4) is 0 Å². The summed E-state index contributed by atoms with van der Waals surface area (Å²) in [6.07, 6.45) is 1.65. The number of hydrogen-bond donors (Lipinski definition) is 2. The maximum absolute atomic E-state index is 12.2. The Bertz CT molecular complexity index is 725. The lowest BCUT2D eigenvalue weighted by atomic mass is 9.78. The number of halogens is 1. The Morgan fingerprint density at radius 1 is 1.12 bits per heavy atom. The van der Waals surface area contributed by atoms with Gasteiger partial charge in [-0.3, -0.25) is 9.59 Å². The summed E-state index contributed by atoms with van der Waals surface area (Å²) in [6, 6.07) is 10.7. The second kappa shape index (κ2) is 7.99. The Balaban J connectivity index is 1.61. The number of rotatable bonds is 4. The normalized spacial score (nSPS) is 16.2. The van der Waals surface area contributed by atoms with Gasteiger partial charge >= 0.3 is 11.8 Å². The molecule has 1 aromatic carbocycles. The molecular weight excluding hydrogens is 360 g/mol. The van der Waals surface area contributed by atoms with Gasteiger partial charge in [0.25, 0.3) is 0 Å². The van der Waals surface area contributed by atoms with Gasteiger partial charge in [-0.1, -0.05) is 17.7 Å². The molecule has 1 aromatic heterocycles. The molecule has 2 aromatic rings. The minimum atomic E-state index is -0.685. The van der Waals surface area contributed by atoms with Crippen LogP contribution in [0.2, 0.25) is 5.02 Å². The van der Waals surface area contributed by atoms with Gasteiger partial charge in [0.05, 0.1) is 0 Å². The second-order valence-corrected chi connectivity index (χ2v) is 7.40. The van der Waals surface area contributed by atoms with E-state index in [-0.39, 0.29) is 5.41 Å². The zero-order valence-electron chi connectivity index (χ0n) is 13.6. The molecule has 25 heavy (non-hydrogen) atoms. The molecule has 2 amide bonds. The smallest absolute Gasteiger partial charge is 0.313 e. The van der Waals surface area contributed by atoms with E-state index in [1.54, 1.807) is 35.6 Å². The van der Waals surface area contributed by atoms with E-state index in [1.165, 1.54) is 4.88 Å². The van der Waals surface area contributed by atoms with Crippen LogP contribution in [0, 0.1) is 0 Å². The number of thiophene rings is 1. The maximum atomic E-state index is 12.2. The second-order valence-electron chi connectivity index (χ2n) is 6.01. The van der Waals surface area contributed by atoms with Crippen LogP contribution < -0.4 is 10.6 Å². The molecule has 132 valence electrons. The topological polar surface area (TPSA) is 67.4 Å². The highest BCUT2D eigenvalue weighted by atomic mass is 35.5. The van der Waals surface area contributed by atoms with Gasteiger partial charge < -0.3 is 15.4 Å². The highest BCUT2D eigenvalue weighted by Gasteiger charge is 2.36. The van der Waals surface area contributed by atoms with Crippen molar-refractivity contribution >= 4 is 40.4 Å². The van der Waals surface area contributed by atoms with Crippen LogP contribution in [0.15, 0.2) is 41.8 Å². The number of anilines is 1. The van der Waals surface area contributed by atoms with Crippen molar-refractivity contribution in [1.82, 2.24) is 5.32 Å². The zero-order chi connectivity index (χ0) is 17.7. The largest absolute Gasteiger partial charge is 0.381 e. The predicted octanol–water partition coefficient (Wildman–Crippen LogP) is 3.20. The quantitative estimate of drug-likeness (QED) is 0.803. The summed E-state index contributed by atoms with van der Waals surface area (Å²) in [7, 11) is 0. The van der Waals surface area contributed by atoms with Crippen molar-refractivity contribution in [3.8, 4) is 0 Å². The van der Waals surface area contributed by atoms with Crippen molar-refractivity contribution in [1.29, 1.82) is 0 Å². The molecule has 0 saturated carbocycles. The highest BCUT2D eigenvalue weighted by molar-refractivity contribution is 7.10. The molecule has 2 N–H and O–H groups in total. The van der Waals surface area contributed by atoms with Gasteiger partial charge in [0, 0.05) is 40.8 Å². The Morgan fingerprint density at radius 2 is 1.84 bits per heavy atom. The summed E-state index contributed by atoms with van der Waals surface area (Å²) in [5.74, 6) is -1.33. The van der Waals surface area contributed by atoms with Crippen molar-refractivity contribution in [2.75, 3.05) is 25.1 Å². The summed E-state index contributed by atoms with van der Waals surface area (Å²) in [5.41, 5.74) is 0.367. The van der Waals surface area contributed by atoms with Gasteiger partial charge in [0.1, 0.15) is 0 Å². The minimum absolute atomic E-state index is 0.164. The fourth-order valence-electron chi connectivity index (χ4n) is 2.90. The van der Waals surface area contributed by atoms with Crippen LogP contribution in [-0.2, 0) is 19.7 Å². The van der Waals surface area contributed by atoms with Crippen LogP contribution in [0.1, 0.15) is 17.7 Å². The van der Waals surface area contributed by atoms with Gasteiger partial charge in [0.2, 0.25) is 0 Å². The van der Waals surface area contributed by atoms with E-state index in [4.69, 9.17) is 16.3 Å². The summed E-state index contributed by atoms with van der Waals surface area (Å²) >= 11 is 7.48. The molecule has 2 heterocycles. The number of carbonyl (C=O) groups excluding carboxylic acids is 2. The van der Waals surface area contributed by atoms with Crippen LogP contribution in [-0.4, -0.2) is 31.6 Å². The van der Waals surface area contributed by atoms with Crippen LogP contribution >= 0.6 is 22.9 Å². The Labute approximate surface area is 155 Å². The fraction of sp³-hybridized carbons (Fsp3) is 0.333. The summed E-state index contributed by atoms with van der Waals surface area (Å²) in [4.78, 5) is 25.5. The Kier molecular flexibility index (Phi) is 5.73. The Hall–Kier alpha value is -1.89. The zero-order valence-corrected chi connectivity index (χ0v) is 15.2.